The molecule has 3 N–H and O–H groups in total. The number of fused-ring (bicyclic) bond motifs is 1. The molecule has 2 aromatic heterocycles. The van der Waals surface area contributed by atoms with Crippen LogP contribution in [0.4, 0.5) is 5.69 Å². The highest BCUT2D eigenvalue weighted by atomic mass is 32.2. The van der Waals surface area contributed by atoms with E-state index in [-0.39, 0.29) is 0 Å². The van der Waals surface area contributed by atoms with Gasteiger partial charge in [0.1, 0.15) is 5.82 Å². The van der Waals surface area contributed by atoms with Crippen molar-refractivity contribution >= 4 is 28.5 Å². The van der Waals surface area contributed by atoms with Crippen LogP contribution in [-0.2, 0) is 12.3 Å². The van der Waals surface area contributed by atoms with E-state index < -0.39 is 0 Å². The van der Waals surface area contributed by atoms with Crippen LogP contribution in [0, 0.1) is 0 Å². The molecular formula is C13H15N5S. The fourth-order valence-electron chi connectivity index (χ4n) is 1.97. The monoisotopic (exact) mass is 273 g/mol. The summed E-state index contributed by atoms with van der Waals surface area (Å²) in [5.74, 6) is 1.86. The molecule has 19 heavy (non-hydrogen) atoms. The number of nitrogens with one attached hydrogen (secondary N) is 1. The number of hydrogen-bond acceptors (Lipinski definition) is 4. The molecule has 0 bridgehead atoms. The summed E-state index contributed by atoms with van der Waals surface area (Å²) in [5.41, 5.74) is 8.41. The van der Waals surface area contributed by atoms with Crippen molar-refractivity contribution in [3.05, 3.63) is 36.4 Å². The molecule has 0 aliphatic carbocycles. The van der Waals surface area contributed by atoms with Gasteiger partial charge in [-0.05, 0) is 25.1 Å². The van der Waals surface area contributed by atoms with Crippen molar-refractivity contribution in [1.29, 1.82) is 0 Å². The Balaban J connectivity index is 1.78. The van der Waals surface area contributed by atoms with Crippen LogP contribution in [-0.4, -0.2) is 19.5 Å². The predicted octanol–water partition coefficient (Wildman–Crippen LogP) is 2.65. The summed E-state index contributed by atoms with van der Waals surface area (Å²) < 4.78 is 2.13. The number of benzene rings is 1. The van der Waals surface area contributed by atoms with Crippen molar-refractivity contribution in [3.63, 3.8) is 0 Å². The third kappa shape index (κ3) is 2.44. The van der Waals surface area contributed by atoms with E-state index >= 15 is 0 Å². The largest absolute Gasteiger partial charge is 0.399 e. The van der Waals surface area contributed by atoms with Crippen LogP contribution < -0.4 is 5.73 Å². The van der Waals surface area contributed by atoms with Gasteiger partial charge in [-0.25, -0.2) is 9.97 Å². The quantitative estimate of drug-likeness (QED) is 0.566. The lowest BCUT2D eigenvalue weighted by Crippen LogP contribution is -1.98. The molecule has 5 nitrogen and oxygen atoms in total. The zero-order valence-corrected chi connectivity index (χ0v) is 11.4. The smallest absolute Gasteiger partial charge is 0.166 e. The molecule has 0 aliphatic rings. The number of imidazole rings is 2. The van der Waals surface area contributed by atoms with Crippen molar-refractivity contribution < 1.29 is 0 Å². The number of H-pyrrole nitrogens is 1. The van der Waals surface area contributed by atoms with E-state index in [0.29, 0.717) is 0 Å². The third-order valence-electron chi connectivity index (χ3n) is 2.96. The fraction of sp³-hybridized carbons (Fsp3) is 0.231. The number of nitrogens with two attached hydrogens (primary N) is 1. The third-order valence-corrected chi connectivity index (χ3v) is 3.83. The second-order valence-electron chi connectivity index (χ2n) is 4.24. The van der Waals surface area contributed by atoms with Gasteiger partial charge in [0, 0.05) is 24.6 Å². The Bertz CT molecular complexity index is 700. The van der Waals surface area contributed by atoms with Gasteiger partial charge in [-0.1, -0.05) is 11.8 Å². The van der Waals surface area contributed by atoms with E-state index in [2.05, 4.69) is 26.4 Å². The van der Waals surface area contributed by atoms with Crippen LogP contribution in [0.5, 0.6) is 0 Å². The van der Waals surface area contributed by atoms with Gasteiger partial charge in [0.05, 0.1) is 16.8 Å². The van der Waals surface area contributed by atoms with Crippen LogP contribution >= 0.6 is 11.8 Å². The number of aromatic amines is 1. The van der Waals surface area contributed by atoms with E-state index in [0.717, 1.165) is 40.0 Å². The predicted molar refractivity (Wildman–Crippen MR) is 78.0 cm³/mol. The first-order valence-electron chi connectivity index (χ1n) is 6.14. The minimum Gasteiger partial charge on any atom is -0.399 e. The molecule has 0 saturated heterocycles. The maximum absolute atomic E-state index is 5.75. The maximum Gasteiger partial charge on any atom is 0.166 e. The molecule has 0 fully saturated rings. The number of nitrogens with zero attached hydrogens (tertiary/aromatic N) is 3. The molecule has 3 rings (SSSR count). The van der Waals surface area contributed by atoms with Crippen LogP contribution in [0.1, 0.15) is 12.7 Å². The summed E-state index contributed by atoms with van der Waals surface area (Å²) in [7, 11) is 0. The van der Waals surface area contributed by atoms with E-state index in [1.54, 1.807) is 11.8 Å². The summed E-state index contributed by atoms with van der Waals surface area (Å²) in [6.07, 6.45) is 3.83. The number of hydrogen-bond donors (Lipinski definition) is 2. The van der Waals surface area contributed by atoms with E-state index in [1.165, 1.54) is 0 Å². The van der Waals surface area contributed by atoms with Crippen molar-refractivity contribution in [2.24, 2.45) is 0 Å². The molecule has 0 radical (unpaired) electrons. The van der Waals surface area contributed by atoms with Gasteiger partial charge in [0.25, 0.3) is 0 Å². The molecule has 0 amide bonds. The first kappa shape index (κ1) is 12.1. The number of aryl methyl sites for hydroxylation is 1. The van der Waals surface area contributed by atoms with Crippen molar-refractivity contribution in [3.8, 4) is 0 Å². The number of nitrogen functional groups attached to an aromatic ring is 1. The zero-order valence-electron chi connectivity index (χ0n) is 10.6. The normalized spacial score (nSPS) is 11.2. The Hall–Kier alpha value is -1.95. The highest BCUT2D eigenvalue weighted by Gasteiger charge is 2.06. The van der Waals surface area contributed by atoms with Crippen LogP contribution in [0.3, 0.4) is 0 Å². The Kier molecular flexibility index (Phi) is 3.16. The van der Waals surface area contributed by atoms with Gasteiger partial charge >= 0.3 is 0 Å². The molecule has 2 heterocycles. The topological polar surface area (TPSA) is 72.5 Å². The van der Waals surface area contributed by atoms with Crippen molar-refractivity contribution in [1.82, 2.24) is 19.5 Å². The summed E-state index contributed by atoms with van der Waals surface area (Å²) >= 11 is 1.65. The molecule has 6 heteroatoms. The average molecular weight is 273 g/mol. The summed E-state index contributed by atoms with van der Waals surface area (Å²) in [6.45, 7) is 3.05. The number of thioether (sulfide) groups is 1. The van der Waals surface area contributed by atoms with Crippen molar-refractivity contribution in [2.45, 2.75) is 24.4 Å². The Morgan fingerprint density at radius 3 is 3.16 bits per heavy atom. The number of aromatic nitrogens is 4. The molecule has 0 atom stereocenters. The van der Waals surface area contributed by atoms with Crippen LogP contribution in [0.2, 0.25) is 0 Å². The van der Waals surface area contributed by atoms with Gasteiger partial charge in [0.2, 0.25) is 0 Å². The van der Waals surface area contributed by atoms with E-state index in [1.807, 2.05) is 30.6 Å². The minimum absolute atomic E-state index is 0.745. The molecule has 0 saturated carbocycles. The molecule has 98 valence electrons. The van der Waals surface area contributed by atoms with Gasteiger partial charge in [0.15, 0.2) is 5.16 Å². The van der Waals surface area contributed by atoms with Gasteiger partial charge in [-0.3, -0.25) is 0 Å². The van der Waals surface area contributed by atoms with Gasteiger partial charge in [-0.2, -0.15) is 0 Å². The maximum atomic E-state index is 5.75. The molecule has 0 spiro atoms. The summed E-state index contributed by atoms with van der Waals surface area (Å²) in [5, 5.41) is 0.895. The standard InChI is InChI=1S/C13H15N5S/c1-2-18-6-5-15-12(18)8-19-13-16-10-4-3-9(14)7-11(10)17-13/h3-7H,2,8,14H2,1H3,(H,16,17). The van der Waals surface area contributed by atoms with E-state index in [9.17, 15) is 0 Å². The second-order valence-corrected chi connectivity index (χ2v) is 5.20. The fourth-order valence-corrected chi connectivity index (χ4v) is 2.82. The highest BCUT2D eigenvalue weighted by Crippen LogP contribution is 2.23. The molecule has 1 aromatic carbocycles. The average Bonchev–Trinajstić information content (AvgIpc) is 3.01. The van der Waals surface area contributed by atoms with Crippen LogP contribution in [0.25, 0.3) is 11.0 Å². The lowest BCUT2D eigenvalue weighted by molar-refractivity contribution is 0.725. The Morgan fingerprint density at radius 2 is 2.32 bits per heavy atom. The van der Waals surface area contributed by atoms with Gasteiger partial charge in [-0.15, -0.1) is 0 Å². The number of anilines is 1. The Labute approximate surface area is 115 Å². The molecule has 0 aliphatic heterocycles. The SMILES string of the molecule is CCn1ccnc1CSc1nc2ccc(N)cc2[nH]1. The first-order valence-corrected chi connectivity index (χ1v) is 7.13. The molecule has 3 aromatic rings. The zero-order chi connectivity index (χ0) is 13.2. The minimum atomic E-state index is 0.745. The summed E-state index contributed by atoms with van der Waals surface area (Å²) in [4.78, 5) is 12.1. The van der Waals surface area contributed by atoms with E-state index in [4.69, 9.17) is 5.73 Å². The Morgan fingerprint density at radius 1 is 1.42 bits per heavy atom. The summed E-state index contributed by atoms with van der Waals surface area (Å²) in [6, 6.07) is 5.69. The molecular weight excluding hydrogens is 258 g/mol. The first-order chi connectivity index (χ1) is 9.26. The lowest BCUT2D eigenvalue weighted by atomic mass is 10.3. The lowest BCUT2D eigenvalue weighted by Gasteiger charge is -2.02. The number of rotatable bonds is 4. The molecule has 0 unspecified atom stereocenters. The van der Waals surface area contributed by atoms with Crippen molar-refractivity contribution in [2.75, 3.05) is 5.73 Å². The highest BCUT2D eigenvalue weighted by molar-refractivity contribution is 7.98. The van der Waals surface area contributed by atoms with Gasteiger partial charge < -0.3 is 15.3 Å². The second kappa shape index (κ2) is 4.97. The van der Waals surface area contributed by atoms with Crippen LogP contribution in [0.15, 0.2) is 35.7 Å².